The first-order valence-electron chi connectivity index (χ1n) is 5.88. The quantitative estimate of drug-likeness (QED) is 0.617. The number of allylic oxidation sites excluding steroid dienone is 2. The third kappa shape index (κ3) is 3.23. The third-order valence-corrected chi connectivity index (χ3v) is 2.93. The second kappa shape index (κ2) is 5.75. The van der Waals surface area contributed by atoms with E-state index >= 15 is 0 Å². The van der Waals surface area contributed by atoms with Crippen LogP contribution in [0, 0.1) is 13.8 Å². The molecule has 0 amide bonds. The molecule has 0 heterocycles. The molecule has 0 aliphatic carbocycles. The molecule has 0 aliphatic heterocycles. The van der Waals surface area contributed by atoms with Crippen LogP contribution in [0.4, 0.5) is 0 Å². The van der Waals surface area contributed by atoms with Crippen LogP contribution < -0.4 is 0 Å². The van der Waals surface area contributed by atoms with Gasteiger partial charge in [0.15, 0.2) is 0 Å². The van der Waals surface area contributed by atoms with Crippen LogP contribution >= 0.6 is 0 Å². The zero-order chi connectivity index (χ0) is 11.3. The highest BCUT2D eigenvalue weighted by Gasteiger charge is 2.08. The molecule has 0 N–H and O–H groups in total. The summed E-state index contributed by atoms with van der Waals surface area (Å²) in [7, 11) is 0. The summed E-state index contributed by atoms with van der Waals surface area (Å²) in [5, 5.41) is 0. The number of hydrogen-bond acceptors (Lipinski definition) is 0. The molecule has 0 bridgehead atoms. The van der Waals surface area contributed by atoms with E-state index in [0.29, 0.717) is 5.92 Å². The van der Waals surface area contributed by atoms with E-state index in [2.05, 4.69) is 58.0 Å². The van der Waals surface area contributed by atoms with Crippen LogP contribution in [0.3, 0.4) is 0 Å². The molecule has 15 heavy (non-hydrogen) atoms. The van der Waals surface area contributed by atoms with Gasteiger partial charge in [-0.15, -0.1) is 0 Å². The van der Waals surface area contributed by atoms with Crippen LogP contribution in [0.2, 0.25) is 0 Å². The lowest BCUT2D eigenvalue weighted by atomic mass is 9.90. The average Bonchev–Trinajstić information content (AvgIpc) is 2.18. The topological polar surface area (TPSA) is 0 Å². The second-order valence-corrected chi connectivity index (χ2v) is 4.32. The summed E-state index contributed by atoms with van der Waals surface area (Å²) in [5.41, 5.74) is 4.37. The molecule has 1 rings (SSSR count). The van der Waals surface area contributed by atoms with Crippen molar-refractivity contribution in [2.24, 2.45) is 0 Å². The molecule has 0 radical (unpaired) electrons. The molecule has 1 atom stereocenters. The normalized spacial score (nSPS) is 13.3. The Kier molecular flexibility index (Phi) is 4.61. The average molecular weight is 202 g/mol. The molecular weight excluding hydrogens is 180 g/mol. The molecule has 0 nitrogen and oxygen atoms in total. The maximum absolute atomic E-state index is 2.31. The van der Waals surface area contributed by atoms with Crippen LogP contribution in [0.25, 0.3) is 0 Å². The highest BCUT2D eigenvalue weighted by molar-refractivity contribution is 5.36. The summed E-state index contributed by atoms with van der Waals surface area (Å²) in [6.07, 6.45) is 6.85. The van der Waals surface area contributed by atoms with E-state index in [0.717, 1.165) is 12.8 Å². The van der Waals surface area contributed by atoms with Crippen LogP contribution in [0.1, 0.15) is 49.3 Å². The van der Waals surface area contributed by atoms with Gasteiger partial charge in [0, 0.05) is 0 Å². The van der Waals surface area contributed by atoms with Crippen molar-refractivity contribution in [1.82, 2.24) is 0 Å². The van der Waals surface area contributed by atoms with E-state index in [1.807, 2.05) is 0 Å². The van der Waals surface area contributed by atoms with Gasteiger partial charge in [-0.2, -0.15) is 0 Å². The van der Waals surface area contributed by atoms with Gasteiger partial charge in [-0.25, -0.2) is 0 Å². The van der Waals surface area contributed by atoms with E-state index < -0.39 is 0 Å². The maximum Gasteiger partial charge on any atom is -0.0151 e. The summed E-state index contributed by atoms with van der Waals surface area (Å²) in [5.74, 6) is 0.633. The molecule has 0 heteroatoms. The van der Waals surface area contributed by atoms with Crippen molar-refractivity contribution in [3.05, 3.63) is 47.0 Å². The summed E-state index contributed by atoms with van der Waals surface area (Å²) in [6.45, 7) is 8.92. The number of rotatable bonds is 4. The lowest BCUT2D eigenvalue weighted by Gasteiger charge is -2.15. The fraction of sp³-hybridized carbons (Fsp3) is 0.467. The van der Waals surface area contributed by atoms with Gasteiger partial charge in [-0.1, -0.05) is 44.2 Å². The fourth-order valence-electron chi connectivity index (χ4n) is 2.19. The SMILES string of the molecule is CCC=CCC(C)c1c(C)cccc1C. The van der Waals surface area contributed by atoms with Crippen LogP contribution in [-0.4, -0.2) is 0 Å². The van der Waals surface area contributed by atoms with Crippen LogP contribution in [-0.2, 0) is 0 Å². The number of hydrogen-bond donors (Lipinski definition) is 0. The van der Waals surface area contributed by atoms with Crippen molar-refractivity contribution >= 4 is 0 Å². The van der Waals surface area contributed by atoms with E-state index in [-0.39, 0.29) is 0 Å². The molecule has 0 aromatic heterocycles. The fourth-order valence-corrected chi connectivity index (χ4v) is 2.19. The third-order valence-electron chi connectivity index (χ3n) is 2.93. The highest BCUT2D eigenvalue weighted by atomic mass is 14.1. The van der Waals surface area contributed by atoms with Gasteiger partial charge in [0.1, 0.15) is 0 Å². The highest BCUT2D eigenvalue weighted by Crippen LogP contribution is 2.26. The molecule has 0 saturated carbocycles. The minimum atomic E-state index is 0.633. The maximum atomic E-state index is 2.31. The van der Waals surface area contributed by atoms with E-state index in [1.54, 1.807) is 0 Å². The first-order valence-corrected chi connectivity index (χ1v) is 5.88. The molecular formula is C15H22. The van der Waals surface area contributed by atoms with Crippen molar-refractivity contribution < 1.29 is 0 Å². The molecule has 82 valence electrons. The van der Waals surface area contributed by atoms with Crippen molar-refractivity contribution in [3.63, 3.8) is 0 Å². The van der Waals surface area contributed by atoms with Gasteiger partial charge in [0.25, 0.3) is 0 Å². The molecule has 1 unspecified atom stereocenters. The Morgan fingerprint density at radius 1 is 1.13 bits per heavy atom. The molecule has 0 saturated heterocycles. The van der Waals surface area contributed by atoms with Gasteiger partial charge >= 0.3 is 0 Å². The largest absolute Gasteiger partial charge is 0.0888 e. The minimum absolute atomic E-state index is 0.633. The monoisotopic (exact) mass is 202 g/mol. The molecule has 1 aromatic carbocycles. The summed E-state index contributed by atoms with van der Waals surface area (Å²) in [4.78, 5) is 0. The van der Waals surface area contributed by atoms with Crippen molar-refractivity contribution in [2.75, 3.05) is 0 Å². The predicted octanol–water partition coefficient (Wildman–Crippen LogP) is 4.76. The first-order chi connectivity index (χ1) is 7.16. The Balaban J connectivity index is 2.81. The summed E-state index contributed by atoms with van der Waals surface area (Å²) < 4.78 is 0. The van der Waals surface area contributed by atoms with E-state index in [4.69, 9.17) is 0 Å². The predicted molar refractivity (Wildman–Crippen MR) is 68.4 cm³/mol. The molecule has 0 aliphatic rings. The Bertz CT molecular complexity index is 314. The van der Waals surface area contributed by atoms with Crippen molar-refractivity contribution in [3.8, 4) is 0 Å². The van der Waals surface area contributed by atoms with Crippen molar-refractivity contribution in [1.29, 1.82) is 0 Å². The molecule has 0 fully saturated rings. The number of benzene rings is 1. The zero-order valence-electron chi connectivity index (χ0n) is 10.4. The Morgan fingerprint density at radius 2 is 1.73 bits per heavy atom. The van der Waals surface area contributed by atoms with Crippen LogP contribution in [0.5, 0.6) is 0 Å². The van der Waals surface area contributed by atoms with Gasteiger partial charge in [0.05, 0.1) is 0 Å². The Hall–Kier alpha value is -1.04. The summed E-state index contributed by atoms with van der Waals surface area (Å²) >= 11 is 0. The van der Waals surface area contributed by atoms with Gasteiger partial charge in [-0.05, 0) is 49.3 Å². The first kappa shape index (κ1) is 12.0. The Labute approximate surface area is 94.0 Å². The van der Waals surface area contributed by atoms with Gasteiger partial charge < -0.3 is 0 Å². The Morgan fingerprint density at radius 3 is 2.27 bits per heavy atom. The number of aryl methyl sites for hydroxylation is 2. The second-order valence-electron chi connectivity index (χ2n) is 4.32. The van der Waals surface area contributed by atoms with Gasteiger partial charge in [0.2, 0.25) is 0 Å². The van der Waals surface area contributed by atoms with Crippen molar-refractivity contribution in [2.45, 2.75) is 46.5 Å². The summed E-state index contributed by atoms with van der Waals surface area (Å²) in [6, 6.07) is 6.56. The van der Waals surface area contributed by atoms with Gasteiger partial charge in [-0.3, -0.25) is 0 Å². The lowest BCUT2D eigenvalue weighted by molar-refractivity contribution is 0.765. The van der Waals surface area contributed by atoms with Crippen LogP contribution in [0.15, 0.2) is 30.4 Å². The lowest BCUT2D eigenvalue weighted by Crippen LogP contribution is -1.98. The smallest absolute Gasteiger partial charge is 0.0151 e. The van der Waals surface area contributed by atoms with E-state index in [1.165, 1.54) is 16.7 Å². The van der Waals surface area contributed by atoms with E-state index in [9.17, 15) is 0 Å². The zero-order valence-corrected chi connectivity index (χ0v) is 10.4. The minimum Gasteiger partial charge on any atom is -0.0888 e. The molecule has 0 spiro atoms. The molecule has 1 aromatic rings. The standard InChI is InChI=1S/C15H22/c1-5-6-7-9-12(2)15-13(3)10-8-11-14(15)4/h6-8,10-12H,5,9H2,1-4H3.